The predicted octanol–water partition coefficient (Wildman–Crippen LogP) is 2.65. The van der Waals surface area contributed by atoms with Crippen LogP contribution in [0.5, 0.6) is 0 Å². The molecule has 1 fully saturated rings. The maximum absolute atomic E-state index is 13.6. The minimum atomic E-state index is -0.232. The van der Waals surface area contributed by atoms with Crippen LogP contribution in [0.25, 0.3) is 0 Å². The Morgan fingerprint density at radius 2 is 2.29 bits per heavy atom. The molecule has 94 valence electrons. The van der Waals surface area contributed by atoms with Crippen LogP contribution in [0.2, 0.25) is 5.02 Å². The van der Waals surface area contributed by atoms with E-state index in [-0.39, 0.29) is 11.9 Å². The Morgan fingerprint density at radius 3 is 2.94 bits per heavy atom. The molecule has 2 unspecified atom stereocenters. The normalized spacial score (nSPS) is 26.1. The zero-order valence-corrected chi connectivity index (χ0v) is 10.8. The van der Waals surface area contributed by atoms with Gasteiger partial charge in [0.25, 0.3) is 0 Å². The summed E-state index contributed by atoms with van der Waals surface area (Å²) in [5, 5.41) is 0.497. The largest absolute Gasteiger partial charge is 0.326 e. The van der Waals surface area contributed by atoms with Gasteiger partial charge in [-0.15, -0.1) is 0 Å². The lowest BCUT2D eigenvalue weighted by Gasteiger charge is -2.35. The topological polar surface area (TPSA) is 29.3 Å². The number of nitrogens with zero attached hydrogens (tertiary/aromatic N) is 1. The highest BCUT2D eigenvalue weighted by Crippen LogP contribution is 2.23. The Balaban J connectivity index is 2.06. The second-order valence-electron chi connectivity index (χ2n) is 4.87. The van der Waals surface area contributed by atoms with Crippen LogP contribution < -0.4 is 5.73 Å². The van der Waals surface area contributed by atoms with Gasteiger partial charge in [-0.25, -0.2) is 4.39 Å². The summed E-state index contributed by atoms with van der Waals surface area (Å²) in [6, 6.07) is 4.99. The molecule has 2 N–H and O–H groups in total. The molecule has 1 saturated heterocycles. The summed E-state index contributed by atoms with van der Waals surface area (Å²) in [6.45, 7) is 4.48. The fraction of sp³-hybridized carbons (Fsp3) is 0.538. The molecule has 1 aromatic carbocycles. The number of hydrogen-bond acceptors (Lipinski definition) is 2. The smallest absolute Gasteiger partial charge is 0.129 e. The molecule has 1 aliphatic heterocycles. The molecule has 4 heteroatoms. The van der Waals surface area contributed by atoms with Crippen molar-refractivity contribution in [2.45, 2.75) is 25.9 Å². The van der Waals surface area contributed by atoms with Gasteiger partial charge in [-0.05, 0) is 31.0 Å². The summed E-state index contributed by atoms with van der Waals surface area (Å²) in [7, 11) is 0. The highest BCUT2D eigenvalue weighted by atomic mass is 35.5. The Morgan fingerprint density at radius 1 is 1.53 bits per heavy atom. The summed E-state index contributed by atoms with van der Waals surface area (Å²) >= 11 is 6.02. The van der Waals surface area contributed by atoms with E-state index >= 15 is 0 Å². The highest BCUT2D eigenvalue weighted by molar-refractivity contribution is 6.31. The van der Waals surface area contributed by atoms with Gasteiger partial charge in [0, 0.05) is 29.7 Å². The Hall–Kier alpha value is -0.640. The third-order valence-corrected chi connectivity index (χ3v) is 3.90. The van der Waals surface area contributed by atoms with Crippen molar-refractivity contribution >= 4 is 11.6 Å². The maximum Gasteiger partial charge on any atom is 0.129 e. The third-order valence-electron chi connectivity index (χ3n) is 3.54. The lowest BCUT2D eigenvalue weighted by atomic mass is 9.94. The molecule has 2 rings (SSSR count). The zero-order valence-electron chi connectivity index (χ0n) is 10.00. The van der Waals surface area contributed by atoms with E-state index in [0.717, 1.165) is 19.5 Å². The van der Waals surface area contributed by atoms with Gasteiger partial charge in [0.15, 0.2) is 0 Å². The Kier molecular flexibility index (Phi) is 4.02. The summed E-state index contributed by atoms with van der Waals surface area (Å²) in [6.07, 6.45) is 1.06. The highest BCUT2D eigenvalue weighted by Gasteiger charge is 2.24. The summed E-state index contributed by atoms with van der Waals surface area (Å²) < 4.78 is 13.6. The van der Waals surface area contributed by atoms with E-state index in [1.54, 1.807) is 12.1 Å². The fourth-order valence-electron chi connectivity index (χ4n) is 2.22. The van der Waals surface area contributed by atoms with Crippen molar-refractivity contribution in [2.24, 2.45) is 11.7 Å². The molecule has 0 aromatic heterocycles. The van der Waals surface area contributed by atoms with Crippen LogP contribution in [0.15, 0.2) is 18.2 Å². The second-order valence-corrected chi connectivity index (χ2v) is 5.27. The molecule has 1 aliphatic rings. The lowest BCUT2D eigenvalue weighted by Crippen LogP contribution is -2.47. The lowest BCUT2D eigenvalue weighted by molar-refractivity contribution is 0.160. The standard InChI is InChI=1S/C13H18ClFN2/c1-9-5-6-17(8-13(9)16)7-10-11(14)3-2-4-12(10)15/h2-4,9,13H,5-8,16H2,1H3. The first-order valence-corrected chi connectivity index (χ1v) is 6.36. The molecule has 0 amide bonds. The summed E-state index contributed by atoms with van der Waals surface area (Å²) in [5.41, 5.74) is 6.61. The van der Waals surface area contributed by atoms with Crippen molar-refractivity contribution in [3.05, 3.63) is 34.6 Å². The van der Waals surface area contributed by atoms with Crippen molar-refractivity contribution in [3.63, 3.8) is 0 Å². The van der Waals surface area contributed by atoms with Gasteiger partial charge >= 0.3 is 0 Å². The average molecular weight is 257 g/mol. The first-order chi connectivity index (χ1) is 8.08. The summed E-state index contributed by atoms with van der Waals surface area (Å²) in [5.74, 6) is 0.312. The third kappa shape index (κ3) is 2.97. The Labute approximate surface area is 107 Å². The van der Waals surface area contributed by atoms with E-state index in [1.165, 1.54) is 6.07 Å². The van der Waals surface area contributed by atoms with Gasteiger partial charge in [-0.1, -0.05) is 24.6 Å². The van der Waals surface area contributed by atoms with Crippen molar-refractivity contribution < 1.29 is 4.39 Å². The van der Waals surface area contributed by atoms with Crippen LogP contribution in [-0.2, 0) is 6.54 Å². The van der Waals surface area contributed by atoms with Crippen LogP contribution in [0.4, 0.5) is 4.39 Å². The molecule has 0 aliphatic carbocycles. The van der Waals surface area contributed by atoms with E-state index in [1.807, 2.05) is 0 Å². The summed E-state index contributed by atoms with van der Waals surface area (Å²) in [4.78, 5) is 2.18. The van der Waals surface area contributed by atoms with Gasteiger partial charge in [0.1, 0.15) is 5.82 Å². The van der Waals surface area contributed by atoms with Crippen molar-refractivity contribution in [1.29, 1.82) is 0 Å². The molecule has 1 aromatic rings. The monoisotopic (exact) mass is 256 g/mol. The number of rotatable bonds is 2. The number of piperidine rings is 1. The number of hydrogen-bond donors (Lipinski definition) is 1. The zero-order chi connectivity index (χ0) is 12.4. The molecule has 0 bridgehead atoms. The van der Waals surface area contributed by atoms with Crippen molar-refractivity contribution in [2.75, 3.05) is 13.1 Å². The molecule has 2 nitrogen and oxygen atoms in total. The average Bonchev–Trinajstić information content (AvgIpc) is 2.28. The molecule has 0 radical (unpaired) electrons. The van der Waals surface area contributed by atoms with Gasteiger partial charge in [-0.2, -0.15) is 0 Å². The van der Waals surface area contributed by atoms with Crippen molar-refractivity contribution in [1.82, 2.24) is 4.90 Å². The molecular weight excluding hydrogens is 239 g/mol. The number of halogens is 2. The quantitative estimate of drug-likeness (QED) is 0.882. The molecular formula is C13H18ClFN2. The maximum atomic E-state index is 13.6. The SMILES string of the molecule is CC1CCN(Cc2c(F)cccc2Cl)CC1N. The van der Waals surface area contributed by atoms with Gasteiger partial charge in [0.05, 0.1) is 0 Å². The molecule has 17 heavy (non-hydrogen) atoms. The Bertz CT molecular complexity index is 377. The van der Waals surface area contributed by atoms with Gasteiger partial charge in [0.2, 0.25) is 0 Å². The first kappa shape index (κ1) is 12.8. The number of likely N-dealkylation sites (tertiary alicyclic amines) is 1. The van der Waals surface area contributed by atoms with Crippen LogP contribution in [-0.4, -0.2) is 24.0 Å². The fourth-order valence-corrected chi connectivity index (χ4v) is 2.44. The van der Waals surface area contributed by atoms with E-state index in [4.69, 9.17) is 17.3 Å². The van der Waals surface area contributed by atoms with Gasteiger partial charge < -0.3 is 5.73 Å². The van der Waals surface area contributed by atoms with E-state index in [0.29, 0.717) is 23.0 Å². The first-order valence-electron chi connectivity index (χ1n) is 5.98. The van der Waals surface area contributed by atoms with E-state index in [2.05, 4.69) is 11.8 Å². The molecule has 0 spiro atoms. The van der Waals surface area contributed by atoms with E-state index < -0.39 is 0 Å². The molecule has 1 heterocycles. The van der Waals surface area contributed by atoms with Crippen molar-refractivity contribution in [3.8, 4) is 0 Å². The second kappa shape index (κ2) is 5.34. The minimum absolute atomic E-state index is 0.175. The number of nitrogens with two attached hydrogens (primary N) is 1. The minimum Gasteiger partial charge on any atom is -0.326 e. The molecule has 0 saturated carbocycles. The number of benzene rings is 1. The van der Waals surface area contributed by atoms with Crippen LogP contribution >= 0.6 is 11.6 Å². The van der Waals surface area contributed by atoms with Crippen LogP contribution in [0.3, 0.4) is 0 Å². The predicted molar refractivity (Wildman–Crippen MR) is 68.4 cm³/mol. The van der Waals surface area contributed by atoms with Crippen LogP contribution in [0.1, 0.15) is 18.9 Å². The van der Waals surface area contributed by atoms with Gasteiger partial charge in [-0.3, -0.25) is 4.90 Å². The van der Waals surface area contributed by atoms with E-state index in [9.17, 15) is 4.39 Å². The van der Waals surface area contributed by atoms with Crippen LogP contribution in [0, 0.1) is 11.7 Å². The molecule has 2 atom stereocenters.